The van der Waals surface area contributed by atoms with Crippen molar-refractivity contribution in [2.45, 2.75) is 0 Å². The molecular formula is C20H21FN2O4S. The number of ether oxygens (including phenoxy) is 1. The summed E-state index contributed by atoms with van der Waals surface area (Å²) in [5.41, 5.74) is 0.796. The maximum atomic E-state index is 13.5. The minimum absolute atomic E-state index is 0.0168. The molecule has 0 radical (unpaired) electrons. The van der Waals surface area contributed by atoms with Gasteiger partial charge in [-0.1, -0.05) is 42.5 Å². The Morgan fingerprint density at radius 3 is 2.32 bits per heavy atom. The van der Waals surface area contributed by atoms with Crippen LogP contribution in [0.4, 0.5) is 4.39 Å². The molecule has 0 atom stereocenters. The van der Waals surface area contributed by atoms with Crippen LogP contribution in [0.3, 0.4) is 0 Å². The Balaban J connectivity index is 1.51. The largest absolute Gasteiger partial charge is 0.481 e. The number of piperazine rings is 1. The highest BCUT2D eigenvalue weighted by molar-refractivity contribution is 7.92. The molecule has 0 saturated carbocycles. The summed E-state index contributed by atoms with van der Waals surface area (Å²) in [6.45, 7) is 0.636. The average Bonchev–Trinajstić information content (AvgIpc) is 2.72. The maximum absolute atomic E-state index is 13.5. The molecule has 2 aromatic carbocycles. The summed E-state index contributed by atoms with van der Waals surface area (Å²) in [7, 11) is -3.56. The number of sulfonamides is 1. The standard InChI is InChI=1S/C20H21FN2O4S/c21-18-8-4-5-9-19(18)27-16-20(24)22-11-13-23(14-12-22)28(25,26)15-10-17-6-2-1-3-7-17/h1-10,15H,11-14,16H2/b15-10+. The topological polar surface area (TPSA) is 66.9 Å². The van der Waals surface area contributed by atoms with Crippen molar-refractivity contribution < 1.29 is 22.3 Å². The quantitative estimate of drug-likeness (QED) is 0.741. The van der Waals surface area contributed by atoms with Crippen molar-refractivity contribution in [2.75, 3.05) is 32.8 Å². The van der Waals surface area contributed by atoms with Gasteiger partial charge in [0.05, 0.1) is 0 Å². The van der Waals surface area contributed by atoms with Crippen molar-refractivity contribution >= 4 is 22.0 Å². The van der Waals surface area contributed by atoms with Gasteiger partial charge in [-0.25, -0.2) is 12.8 Å². The molecule has 1 fully saturated rings. The fourth-order valence-corrected chi connectivity index (χ4v) is 3.97. The molecule has 3 rings (SSSR count). The number of para-hydroxylation sites is 1. The second kappa shape index (κ2) is 8.99. The van der Waals surface area contributed by atoms with Crippen LogP contribution in [-0.2, 0) is 14.8 Å². The van der Waals surface area contributed by atoms with E-state index >= 15 is 0 Å². The van der Waals surface area contributed by atoms with Crippen molar-refractivity contribution in [3.63, 3.8) is 0 Å². The van der Waals surface area contributed by atoms with Crippen LogP contribution in [0.15, 0.2) is 60.0 Å². The predicted octanol–water partition coefficient (Wildman–Crippen LogP) is 2.35. The maximum Gasteiger partial charge on any atom is 0.260 e. The van der Waals surface area contributed by atoms with Crippen LogP contribution in [-0.4, -0.2) is 56.3 Å². The van der Waals surface area contributed by atoms with Gasteiger partial charge in [-0.3, -0.25) is 4.79 Å². The lowest BCUT2D eigenvalue weighted by atomic mass is 10.2. The molecule has 0 bridgehead atoms. The van der Waals surface area contributed by atoms with Crippen LogP contribution in [0.5, 0.6) is 5.75 Å². The summed E-state index contributed by atoms with van der Waals surface area (Å²) in [6.07, 6.45) is 1.55. The summed E-state index contributed by atoms with van der Waals surface area (Å²) in [6, 6.07) is 15.0. The van der Waals surface area contributed by atoms with E-state index in [4.69, 9.17) is 4.74 Å². The summed E-state index contributed by atoms with van der Waals surface area (Å²) >= 11 is 0. The van der Waals surface area contributed by atoms with Gasteiger partial charge in [-0.15, -0.1) is 0 Å². The van der Waals surface area contributed by atoms with Gasteiger partial charge in [-0.2, -0.15) is 4.31 Å². The van der Waals surface area contributed by atoms with Crippen molar-refractivity contribution in [1.82, 2.24) is 9.21 Å². The zero-order chi connectivity index (χ0) is 20.0. The van der Waals surface area contributed by atoms with Crippen molar-refractivity contribution in [3.8, 4) is 5.75 Å². The number of nitrogens with zero attached hydrogens (tertiary/aromatic N) is 2. The molecule has 8 heteroatoms. The molecule has 0 spiro atoms. The van der Waals surface area contributed by atoms with E-state index in [1.165, 1.54) is 32.8 Å². The fraction of sp³-hybridized carbons (Fsp3) is 0.250. The monoisotopic (exact) mass is 404 g/mol. The smallest absolute Gasteiger partial charge is 0.260 e. The molecule has 28 heavy (non-hydrogen) atoms. The number of hydrogen-bond donors (Lipinski definition) is 0. The third kappa shape index (κ3) is 5.17. The van der Waals surface area contributed by atoms with Crippen LogP contribution in [0.25, 0.3) is 6.08 Å². The van der Waals surface area contributed by atoms with Gasteiger partial charge < -0.3 is 9.64 Å². The van der Waals surface area contributed by atoms with Crippen LogP contribution in [0.1, 0.15) is 5.56 Å². The van der Waals surface area contributed by atoms with Gasteiger partial charge in [0, 0.05) is 31.6 Å². The molecule has 0 aromatic heterocycles. The van der Waals surface area contributed by atoms with E-state index in [0.29, 0.717) is 0 Å². The molecule has 6 nitrogen and oxygen atoms in total. The van der Waals surface area contributed by atoms with Gasteiger partial charge in [0.1, 0.15) is 0 Å². The average molecular weight is 404 g/mol. The molecule has 2 aromatic rings. The first kappa shape index (κ1) is 20.0. The van der Waals surface area contributed by atoms with E-state index in [0.717, 1.165) is 5.56 Å². The number of amides is 1. The molecule has 0 aliphatic carbocycles. The van der Waals surface area contributed by atoms with E-state index in [9.17, 15) is 17.6 Å². The molecule has 1 aliphatic rings. The Labute approximate surface area is 163 Å². The highest BCUT2D eigenvalue weighted by atomic mass is 32.2. The lowest BCUT2D eigenvalue weighted by Gasteiger charge is -2.33. The first-order valence-electron chi connectivity index (χ1n) is 8.84. The Kier molecular flexibility index (Phi) is 6.43. The van der Waals surface area contributed by atoms with Crippen LogP contribution < -0.4 is 4.74 Å². The predicted molar refractivity (Wildman–Crippen MR) is 104 cm³/mol. The molecule has 0 N–H and O–H groups in total. The van der Waals surface area contributed by atoms with Crippen molar-refractivity contribution in [2.24, 2.45) is 0 Å². The zero-order valence-electron chi connectivity index (χ0n) is 15.2. The Bertz CT molecular complexity index is 940. The number of hydrogen-bond acceptors (Lipinski definition) is 4. The minimum atomic E-state index is -3.56. The molecule has 1 saturated heterocycles. The van der Waals surface area contributed by atoms with Gasteiger partial charge >= 0.3 is 0 Å². The van der Waals surface area contributed by atoms with Crippen molar-refractivity contribution in [1.29, 1.82) is 0 Å². The number of carbonyl (C=O) groups is 1. The zero-order valence-corrected chi connectivity index (χ0v) is 16.0. The molecule has 1 aliphatic heterocycles. The molecule has 1 amide bonds. The summed E-state index contributed by atoms with van der Waals surface area (Å²) in [5, 5.41) is 1.18. The van der Waals surface area contributed by atoms with Gasteiger partial charge in [-0.05, 0) is 23.8 Å². The summed E-state index contributed by atoms with van der Waals surface area (Å²) in [5.74, 6) is -0.820. The number of rotatable bonds is 6. The Morgan fingerprint density at radius 2 is 1.64 bits per heavy atom. The van der Waals surface area contributed by atoms with Crippen LogP contribution >= 0.6 is 0 Å². The lowest BCUT2D eigenvalue weighted by molar-refractivity contribution is -0.134. The number of benzene rings is 2. The summed E-state index contributed by atoms with van der Waals surface area (Å²) in [4.78, 5) is 13.8. The number of halogens is 1. The van der Waals surface area contributed by atoms with E-state index in [-0.39, 0.29) is 44.4 Å². The molecule has 0 unspecified atom stereocenters. The Morgan fingerprint density at radius 1 is 1.00 bits per heavy atom. The SMILES string of the molecule is O=C(COc1ccccc1F)N1CCN(S(=O)(=O)/C=C/c2ccccc2)CC1. The van der Waals surface area contributed by atoms with E-state index in [1.54, 1.807) is 12.1 Å². The highest BCUT2D eigenvalue weighted by Gasteiger charge is 2.27. The third-order valence-electron chi connectivity index (χ3n) is 4.37. The Hall–Kier alpha value is -2.71. The fourth-order valence-electron chi connectivity index (χ4n) is 2.80. The van der Waals surface area contributed by atoms with Crippen molar-refractivity contribution in [3.05, 3.63) is 71.4 Å². The first-order chi connectivity index (χ1) is 13.5. The van der Waals surface area contributed by atoms with Gasteiger partial charge in [0.25, 0.3) is 5.91 Å². The second-order valence-electron chi connectivity index (χ2n) is 6.26. The van der Waals surface area contributed by atoms with Gasteiger partial charge in [0.2, 0.25) is 10.0 Å². The molecule has 1 heterocycles. The molecule has 148 valence electrons. The second-order valence-corrected chi connectivity index (χ2v) is 8.08. The minimum Gasteiger partial charge on any atom is -0.481 e. The highest BCUT2D eigenvalue weighted by Crippen LogP contribution is 2.16. The van der Waals surface area contributed by atoms with E-state index in [2.05, 4.69) is 0 Å². The number of carbonyl (C=O) groups excluding carboxylic acids is 1. The summed E-state index contributed by atoms with van der Waals surface area (Å²) < 4.78 is 45.0. The first-order valence-corrected chi connectivity index (χ1v) is 10.3. The lowest BCUT2D eigenvalue weighted by Crippen LogP contribution is -2.51. The van der Waals surface area contributed by atoms with Crippen LogP contribution in [0, 0.1) is 5.82 Å². The molecular weight excluding hydrogens is 383 g/mol. The third-order valence-corrected chi connectivity index (χ3v) is 5.94. The van der Waals surface area contributed by atoms with Crippen LogP contribution in [0.2, 0.25) is 0 Å². The van der Waals surface area contributed by atoms with E-state index < -0.39 is 15.8 Å². The van der Waals surface area contributed by atoms with Gasteiger partial charge in [0.15, 0.2) is 18.2 Å². The van der Waals surface area contributed by atoms with E-state index in [1.807, 2.05) is 30.3 Å². The normalized spacial score (nSPS) is 15.7.